The Morgan fingerprint density at radius 1 is 1.24 bits per heavy atom. The SMILES string of the molecule is CC1CCC(CCNC(=O)c2c(F)cc(Br)cc2F)CC1. The second kappa shape index (κ2) is 7.34. The van der Waals surface area contributed by atoms with Crippen molar-refractivity contribution in [3.05, 3.63) is 33.8 Å². The molecule has 1 N–H and O–H groups in total. The Morgan fingerprint density at radius 2 is 1.81 bits per heavy atom. The molecule has 0 saturated heterocycles. The van der Waals surface area contributed by atoms with Crippen LogP contribution in [0.25, 0.3) is 0 Å². The van der Waals surface area contributed by atoms with Crippen molar-refractivity contribution in [1.29, 1.82) is 0 Å². The highest BCUT2D eigenvalue weighted by Crippen LogP contribution is 2.30. The van der Waals surface area contributed by atoms with E-state index in [0.717, 1.165) is 24.5 Å². The topological polar surface area (TPSA) is 29.1 Å². The summed E-state index contributed by atoms with van der Waals surface area (Å²) in [5.74, 6) is -0.957. The molecule has 1 aliphatic carbocycles. The number of nitrogens with one attached hydrogen (secondary N) is 1. The number of amides is 1. The number of hydrogen-bond acceptors (Lipinski definition) is 1. The molecule has 1 fully saturated rings. The average molecular weight is 360 g/mol. The van der Waals surface area contributed by atoms with Crippen LogP contribution in [0, 0.1) is 23.5 Å². The van der Waals surface area contributed by atoms with E-state index in [1.54, 1.807) is 0 Å². The van der Waals surface area contributed by atoms with Crippen LogP contribution in [0.5, 0.6) is 0 Å². The Morgan fingerprint density at radius 3 is 2.38 bits per heavy atom. The maximum Gasteiger partial charge on any atom is 0.257 e. The van der Waals surface area contributed by atoms with Gasteiger partial charge in [0, 0.05) is 11.0 Å². The summed E-state index contributed by atoms with van der Waals surface area (Å²) in [6.45, 7) is 2.73. The smallest absolute Gasteiger partial charge is 0.257 e. The molecule has 0 unspecified atom stereocenters. The number of halogens is 3. The van der Waals surface area contributed by atoms with Crippen molar-refractivity contribution in [2.24, 2.45) is 11.8 Å². The van der Waals surface area contributed by atoms with Gasteiger partial charge in [0.1, 0.15) is 17.2 Å². The summed E-state index contributed by atoms with van der Waals surface area (Å²) in [6, 6.07) is 2.20. The maximum atomic E-state index is 13.7. The third-order valence-corrected chi connectivity index (χ3v) is 4.67. The molecule has 0 heterocycles. The average Bonchev–Trinajstić information content (AvgIpc) is 2.40. The van der Waals surface area contributed by atoms with Crippen molar-refractivity contribution >= 4 is 21.8 Å². The zero-order chi connectivity index (χ0) is 15.4. The van der Waals surface area contributed by atoms with E-state index in [2.05, 4.69) is 28.2 Å². The summed E-state index contributed by atoms with van der Waals surface area (Å²) < 4.78 is 27.6. The third-order valence-electron chi connectivity index (χ3n) is 4.21. The molecule has 0 bridgehead atoms. The molecular formula is C16H20BrF2NO. The lowest BCUT2D eigenvalue weighted by Gasteiger charge is -2.26. The van der Waals surface area contributed by atoms with Crippen LogP contribution < -0.4 is 5.32 Å². The van der Waals surface area contributed by atoms with Crippen molar-refractivity contribution in [2.75, 3.05) is 6.54 Å². The molecule has 1 aromatic carbocycles. The molecule has 1 saturated carbocycles. The lowest BCUT2D eigenvalue weighted by molar-refractivity contribution is 0.0941. The molecular weight excluding hydrogens is 340 g/mol. The van der Waals surface area contributed by atoms with Gasteiger partial charge in [0.05, 0.1) is 0 Å². The van der Waals surface area contributed by atoms with Crippen LogP contribution in [0.3, 0.4) is 0 Å². The number of hydrogen-bond donors (Lipinski definition) is 1. The predicted octanol–water partition coefficient (Wildman–Crippen LogP) is 4.67. The van der Waals surface area contributed by atoms with Gasteiger partial charge >= 0.3 is 0 Å². The molecule has 0 radical (unpaired) electrons. The summed E-state index contributed by atoms with van der Waals surface area (Å²) in [5, 5.41) is 2.62. The first kappa shape index (κ1) is 16.4. The molecule has 0 aliphatic heterocycles. The molecule has 0 atom stereocenters. The van der Waals surface area contributed by atoms with Crippen molar-refractivity contribution in [3.63, 3.8) is 0 Å². The second-order valence-electron chi connectivity index (χ2n) is 5.91. The van der Waals surface area contributed by atoms with Gasteiger partial charge in [-0.05, 0) is 30.4 Å². The highest BCUT2D eigenvalue weighted by molar-refractivity contribution is 9.10. The van der Waals surface area contributed by atoms with Gasteiger partial charge < -0.3 is 5.32 Å². The molecule has 21 heavy (non-hydrogen) atoms. The molecule has 0 spiro atoms. The van der Waals surface area contributed by atoms with Crippen LogP contribution in [-0.4, -0.2) is 12.5 Å². The molecule has 1 aliphatic rings. The van der Waals surface area contributed by atoms with E-state index in [0.29, 0.717) is 12.5 Å². The summed E-state index contributed by atoms with van der Waals surface area (Å²) in [4.78, 5) is 11.9. The van der Waals surface area contributed by atoms with Gasteiger partial charge in [0.2, 0.25) is 0 Å². The number of carbonyl (C=O) groups is 1. The standard InChI is InChI=1S/C16H20BrF2NO/c1-10-2-4-11(5-3-10)6-7-20-16(21)15-13(18)8-12(17)9-14(15)19/h8-11H,2-7H2,1H3,(H,20,21). The number of rotatable bonds is 4. The van der Waals surface area contributed by atoms with E-state index in [9.17, 15) is 13.6 Å². The summed E-state index contributed by atoms with van der Waals surface area (Å²) in [7, 11) is 0. The van der Waals surface area contributed by atoms with Crippen molar-refractivity contribution < 1.29 is 13.6 Å². The van der Waals surface area contributed by atoms with E-state index in [-0.39, 0.29) is 4.47 Å². The van der Waals surface area contributed by atoms with Crippen LogP contribution in [0.4, 0.5) is 8.78 Å². The summed E-state index contributed by atoms with van der Waals surface area (Å²) in [6.07, 6.45) is 5.69. The van der Waals surface area contributed by atoms with E-state index in [1.165, 1.54) is 25.7 Å². The van der Waals surface area contributed by atoms with E-state index < -0.39 is 23.1 Å². The molecule has 0 aromatic heterocycles. The van der Waals surface area contributed by atoms with Crippen LogP contribution in [0.15, 0.2) is 16.6 Å². The predicted molar refractivity (Wildman–Crippen MR) is 82.1 cm³/mol. The van der Waals surface area contributed by atoms with Crippen LogP contribution in [-0.2, 0) is 0 Å². The molecule has 1 amide bonds. The van der Waals surface area contributed by atoms with Crippen LogP contribution in [0.1, 0.15) is 49.4 Å². The van der Waals surface area contributed by atoms with Gasteiger partial charge in [-0.25, -0.2) is 8.78 Å². The van der Waals surface area contributed by atoms with Gasteiger partial charge in [-0.15, -0.1) is 0 Å². The fourth-order valence-electron chi connectivity index (χ4n) is 2.86. The van der Waals surface area contributed by atoms with E-state index in [1.807, 2.05) is 0 Å². The Kier molecular flexibility index (Phi) is 5.73. The molecule has 1 aromatic rings. The molecule has 5 heteroatoms. The fraction of sp³-hybridized carbons (Fsp3) is 0.562. The Hall–Kier alpha value is -0.970. The van der Waals surface area contributed by atoms with Gasteiger partial charge in [-0.1, -0.05) is 48.5 Å². The van der Waals surface area contributed by atoms with E-state index in [4.69, 9.17) is 0 Å². The molecule has 2 nitrogen and oxygen atoms in total. The Labute approximate surface area is 132 Å². The van der Waals surface area contributed by atoms with Crippen molar-refractivity contribution in [3.8, 4) is 0 Å². The first-order valence-corrected chi connectivity index (χ1v) is 8.19. The minimum Gasteiger partial charge on any atom is -0.352 e. The minimum atomic E-state index is -0.842. The molecule has 116 valence electrons. The fourth-order valence-corrected chi connectivity index (χ4v) is 3.26. The second-order valence-corrected chi connectivity index (χ2v) is 6.83. The largest absolute Gasteiger partial charge is 0.352 e. The number of benzene rings is 1. The highest BCUT2D eigenvalue weighted by Gasteiger charge is 2.20. The van der Waals surface area contributed by atoms with Crippen LogP contribution in [0.2, 0.25) is 0 Å². The van der Waals surface area contributed by atoms with Crippen molar-refractivity contribution in [2.45, 2.75) is 39.0 Å². The van der Waals surface area contributed by atoms with Crippen LogP contribution >= 0.6 is 15.9 Å². The maximum absolute atomic E-state index is 13.7. The van der Waals surface area contributed by atoms with E-state index >= 15 is 0 Å². The lowest BCUT2D eigenvalue weighted by atomic mass is 9.81. The Bertz CT molecular complexity index is 490. The minimum absolute atomic E-state index is 0.283. The third kappa shape index (κ3) is 4.50. The van der Waals surface area contributed by atoms with Gasteiger partial charge in [0.15, 0.2) is 0 Å². The molecule has 2 rings (SSSR count). The number of carbonyl (C=O) groups excluding carboxylic acids is 1. The lowest BCUT2D eigenvalue weighted by Crippen LogP contribution is -2.28. The summed E-state index contributed by atoms with van der Waals surface area (Å²) in [5.41, 5.74) is -0.504. The normalized spacial score (nSPS) is 22.1. The van der Waals surface area contributed by atoms with Gasteiger partial charge in [-0.2, -0.15) is 0 Å². The summed E-state index contributed by atoms with van der Waals surface area (Å²) >= 11 is 2.99. The zero-order valence-corrected chi connectivity index (χ0v) is 13.7. The van der Waals surface area contributed by atoms with Gasteiger partial charge in [-0.3, -0.25) is 4.79 Å². The Balaban J connectivity index is 1.85. The zero-order valence-electron chi connectivity index (χ0n) is 12.1. The first-order chi connectivity index (χ1) is 9.97. The highest BCUT2D eigenvalue weighted by atomic mass is 79.9. The van der Waals surface area contributed by atoms with Crippen molar-refractivity contribution in [1.82, 2.24) is 5.32 Å². The first-order valence-electron chi connectivity index (χ1n) is 7.40. The monoisotopic (exact) mass is 359 g/mol. The van der Waals surface area contributed by atoms with Gasteiger partial charge in [0.25, 0.3) is 5.91 Å². The quantitative estimate of drug-likeness (QED) is 0.831.